The van der Waals surface area contributed by atoms with Gasteiger partial charge in [0.25, 0.3) is 5.91 Å². The summed E-state index contributed by atoms with van der Waals surface area (Å²) in [5, 5.41) is 3.38. The molecule has 0 spiro atoms. The van der Waals surface area contributed by atoms with Crippen molar-refractivity contribution in [1.82, 2.24) is 5.32 Å². The summed E-state index contributed by atoms with van der Waals surface area (Å²) in [5.74, 6) is -0.872. The smallest absolute Gasteiger partial charge is 0.338 e. The minimum Gasteiger partial charge on any atom is -0.452 e. The van der Waals surface area contributed by atoms with Crippen molar-refractivity contribution in [2.45, 2.75) is 26.8 Å². The molecule has 0 radical (unpaired) electrons. The van der Waals surface area contributed by atoms with E-state index in [0.717, 1.165) is 16.7 Å². The van der Waals surface area contributed by atoms with Crippen LogP contribution in [-0.2, 0) is 9.53 Å². The first kappa shape index (κ1) is 18.0. The monoisotopic (exact) mass is 345 g/mol. The van der Waals surface area contributed by atoms with Crippen LogP contribution < -0.4 is 5.32 Å². The minimum atomic E-state index is -0.511. The lowest BCUT2D eigenvalue weighted by molar-refractivity contribution is -0.124. The third kappa shape index (κ3) is 4.83. The average molecular weight is 346 g/mol. The van der Waals surface area contributed by atoms with Crippen molar-refractivity contribution in [1.29, 1.82) is 0 Å². The van der Waals surface area contributed by atoms with Gasteiger partial charge in [0.2, 0.25) is 0 Å². The average Bonchev–Trinajstić information content (AvgIpc) is 2.55. The van der Waals surface area contributed by atoms with E-state index < -0.39 is 5.97 Å². The van der Waals surface area contributed by atoms with Crippen LogP contribution in [0.15, 0.2) is 42.5 Å². The molecule has 5 heteroatoms. The SMILES string of the molecule is Cc1ccc(C(=O)OCC(=O)N[C@@H](C)c2cccc(Cl)c2)cc1C. The van der Waals surface area contributed by atoms with E-state index in [2.05, 4.69) is 5.32 Å². The molecule has 0 aliphatic heterocycles. The predicted octanol–water partition coefficient (Wildman–Crippen LogP) is 3.99. The quantitative estimate of drug-likeness (QED) is 0.833. The zero-order valence-electron chi connectivity index (χ0n) is 13.9. The van der Waals surface area contributed by atoms with Crippen molar-refractivity contribution in [3.8, 4) is 0 Å². The van der Waals surface area contributed by atoms with Crippen LogP contribution in [0, 0.1) is 13.8 Å². The first-order valence-electron chi connectivity index (χ1n) is 7.66. The third-order valence-corrected chi connectivity index (χ3v) is 4.04. The summed E-state index contributed by atoms with van der Waals surface area (Å²) in [4.78, 5) is 23.9. The number of ether oxygens (including phenoxy) is 1. The standard InChI is InChI=1S/C19H20ClNO3/c1-12-7-8-16(9-13(12)2)19(23)24-11-18(22)21-14(3)15-5-4-6-17(20)10-15/h4-10,14H,11H2,1-3H3,(H,21,22)/t14-/m0/s1. The molecule has 0 aliphatic carbocycles. The summed E-state index contributed by atoms with van der Waals surface area (Å²) in [6.07, 6.45) is 0. The van der Waals surface area contributed by atoms with Gasteiger partial charge in [-0.15, -0.1) is 0 Å². The van der Waals surface area contributed by atoms with E-state index in [1.54, 1.807) is 24.3 Å². The Kier molecular flexibility index (Phi) is 5.99. The fourth-order valence-electron chi connectivity index (χ4n) is 2.23. The van der Waals surface area contributed by atoms with Crippen molar-refractivity contribution in [2.24, 2.45) is 0 Å². The number of rotatable bonds is 5. The van der Waals surface area contributed by atoms with Crippen LogP contribution >= 0.6 is 11.6 Å². The summed E-state index contributed by atoms with van der Waals surface area (Å²) in [5.41, 5.74) is 3.42. The summed E-state index contributed by atoms with van der Waals surface area (Å²) < 4.78 is 5.07. The van der Waals surface area contributed by atoms with Crippen molar-refractivity contribution in [3.05, 3.63) is 69.7 Å². The molecule has 126 valence electrons. The van der Waals surface area contributed by atoms with Gasteiger partial charge in [0.15, 0.2) is 6.61 Å². The van der Waals surface area contributed by atoms with E-state index in [1.165, 1.54) is 0 Å². The summed E-state index contributed by atoms with van der Waals surface area (Å²) in [6, 6.07) is 12.3. The number of nitrogens with one attached hydrogen (secondary N) is 1. The van der Waals surface area contributed by atoms with Gasteiger partial charge in [-0.1, -0.05) is 29.8 Å². The Bertz CT molecular complexity index is 758. The van der Waals surface area contributed by atoms with Gasteiger partial charge < -0.3 is 10.1 Å². The van der Waals surface area contributed by atoms with E-state index in [1.807, 2.05) is 39.0 Å². The number of carbonyl (C=O) groups excluding carboxylic acids is 2. The Hall–Kier alpha value is -2.33. The van der Waals surface area contributed by atoms with Crippen LogP contribution in [0.25, 0.3) is 0 Å². The molecule has 4 nitrogen and oxygen atoms in total. The van der Waals surface area contributed by atoms with Gasteiger partial charge in [0, 0.05) is 5.02 Å². The second-order valence-corrected chi connectivity index (χ2v) is 6.16. The molecule has 2 rings (SSSR count). The number of hydrogen-bond acceptors (Lipinski definition) is 3. The normalized spacial score (nSPS) is 11.7. The Morgan fingerprint density at radius 1 is 1.12 bits per heavy atom. The zero-order valence-corrected chi connectivity index (χ0v) is 14.7. The van der Waals surface area contributed by atoms with Crippen LogP contribution in [-0.4, -0.2) is 18.5 Å². The van der Waals surface area contributed by atoms with E-state index in [0.29, 0.717) is 10.6 Å². The lowest BCUT2D eigenvalue weighted by Crippen LogP contribution is -2.31. The van der Waals surface area contributed by atoms with Crippen LogP contribution in [0.5, 0.6) is 0 Å². The maximum atomic E-state index is 12.0. The third-order valence-electron chi connectivity index (χ3n) is 3.80. The Morgan fingerprint density at radius 2 is 1.88 bits per heavy atom. The molecule has 0 bridgehead atoms. The number of halogens is 1. The Morgan fingerprint density at radius 3 is 2.54 bits per heavy atom. The topological polar surface area (TPSA) is 55.4 Å². The lowest BCUT2D eigenvalue weighted by atomic mass is 10.1. The van der Waals surface area contributed by atoms with Crippen molar-refractivity contribution in [2.75, 3.05) is 6.61 Å². The van der Waals surface area contributed by atoms with Gasteiger partial charge in [-0.2, -0.15) is 0 Å². The number of amides is 1. The molecule has 1 N–H and O–H groups in total. The van der Waals surface area contributed by atoms with Crippen LogP contribution in [0.1, 0.15) is 40.0 Å². The molecule has 1 atom stereocenters. The largest absolute Gasteiger partial charge is 0.452 e. The maximum Gasteiger partial charge on any atom is 0.338 e. The van der Waals surface area contributed by atoms with E-state index in [-0.39, 0.29) is 18.6 Å². The maximum absolute atomic E-state index is 12.0. The predicted molar refractivity (Wildman–Crippen MR) is 94.2 cm³/mol. The fraction of sp³-hybridized carbons (Fsp3) is 0.263. The number of hydrogen-bond donors (Lipinski definition) is 1. The molecule has 0 heterocycles. The molecule has 24 heavy (non-hydrogen) atoms. The van der Waals surface area contributed by atoms with Crippen LogP contribution in [0.2, 0.25) is 5.02 Å². The van der Waals surface area contributed by atoms with Crippen LogP contribution in [0.4, 0.5) is 0 Å². The summed E-state index contributed by atoms with van der Waals surface area (Å²) in [7, 11) is 0. The van der Waals surface area contributed by atoms with Gasteiger partial charge in [-0.25, -0.2) is 4.79 Å². The number of carbonyl (C=O) groups is 2. The van der Waals surface area contributed by atoms with Gasteiger partial charge in [-0.05, 0) is 61.7 Å². The first-order valence-corrected chi connectivity index (χ1v) is 8.04. The van der Waals surface area contributed by atoms with Crippen molar-refractivity contribution < 1.29 is 14.3 Å². The highest BCUT2D eigenvalue weighted by Gasteiger charge is 2.13. The number of aryl methyl sites for hydroxylation is 2. The van der Waals surface area contributed by atoms with E-state index >= 15 is 0 Å². The molecule has 2 aromatic rings. The van der Waals surface area contributed by atoms with E-state index in [4.69, 9.17) is 16.3 Å². The van der Waals surface area contributed by atoms with Crippen molar-refractivity contribution in [3.63, 3.8) is 0 Å². The molecule has 0 aliphatic rings. The molecular formula is C19H20ClNO3. The molecule has 0 saturated heterocycles. The molecule has 0 saturated carbocycles. The number of esters is 1. The molecule has 0 aromatic heterocycles. The second kappa shape index (κ2) is 7.97. The molecule has 2 aromatic carbocycles. The first-order chi connectivity index (χ1) is 11.4. The van der Waals surface area contributed by atoms with Crippen molar-refractivity contribution >= 4 is 23.5 Å². The van der Waals surface area contributed by atoms with Crippen LogP contribution in [0.3, 0.4) is 0 Å². The summed E-state index contributed by atoms with van der Waals surface area (Å²) in [6.45, 7) is 5.41. The van der Waals surface area contributed by atoms with Gasteiger partial charge in [0.05, 0.1) is 11.6 Å². The highest BCUT2D eigenvalue weighted by atomic mass is 35.5. The Labute approximate surface area is 146 Å². The van der Waals surface area contributed by atoms with E-state index in [9.17, 15) is 9.59 Å². The molecule has 0 fully saturated rings. The molecular weight excluding hydrogens is 326 g/mol. The molecule has 1 amide bonds. The lowest BCUT2D eigenvalue weighted by Gasteiger charge is -2.14. The highest BCUT2D eigenvalue weighted by Crippen LogP contribution is 2.17. The number of benzene rings is 2. The fourth-order valence-corrected chi connectivity index (χ4v) is 2.42. The second-order valence-electron chi connectivity index (χ2n) is 5.72. The zero-order chi connectivity index (χ0) is 17.7. The molecule has 0 unspecified atom stereocenters. The van der Waals surface area contributed by atoms with Gasteiger partial charge >= 0.3 is 5.97 Å². The van der Waals surface area contributed by atoms with Gasteiger partial charge in [0.1, 0.15) is 0 Å². The highest BCUT2D eigenvalue weighted by molar-refractivity contribution is 6.30. The summed E-state index contributed by atoms with van der Waals surface area (Å²) >= 11 is 5.94. The van der Waals surface area contributed by atoms with Gasteiger partial charge in [-0.3, -0.25) is 4.79 Å². The minimum absolute atomic E-state index is 0.225. The Balaban J connectivity index is 1.88.